The van der Waals surface area contributed by atoms with E-state index in [2.05, 4.69) is 22.8 Å². The van der Waals surface area contributed by atoms with E-state index in [-0.39, 0.29) is 23.8 Å². The third kappa shape index (κ3) is 4.91. The van der Waals surface area contributed by atoms with Gasteiger partial charge in [0.15, 0.2) is 0 Å². The Kier molecular flexibility index (Phi) is 6.69. The molecule has 1 aliphatic rings. The summed E-state index contributed by atoms with van der Waals surface area (Å²) in [6.07, 6.45) is 4.52. The summed E-state index contributed by atoms with van der Waals surface area (Å²) in [4.78, 5) is 24.5. The summed E-state index contributed by atoms with van der Waals surface area (Å²) in [6.45, 7) is 3.06. The molecule has 0 heterocycles. The number of nitrogens with one attached hydrogen (secondary N) is 2. The molecule has 5 heteroatoms. The van der Waals surface area contributed by atoms with Crippen LogP contribution in [0, 0.1) is 0 Å². The highest BCUT2D eigenvalue weighted by atomic mass is 16.5. The van der Waals surface area contributed by atoms with E-state index in [0.717, 1.165) is 18.6 Å². The Morgan fingerprint density at radius 3 is 2.29 bits per heavy atom. The van der Waals surface area contributed by atoms with Crippen molar-refractivity contribution in [3.8, 4) is 5.75 Å². The average molecular weight is 380 g/mol. The lowest BCUT2D eigenvalue weighted by Crippen LogP contribution is -2.43. The zero-order valence-electron chi connectivity index (χ0n) is 16.4. The first-order valence-corrected chi connectivity index (χ1v) is 9.96. The SMILES string of the molecule is CCOc1ccc(C(=O)NCC(=O)NCC2(c3ccccc3)CCCC2)cc1. The van der Waals surface area contributed by atoms with Crippen LogP contribution in [0.25, 0.3) is 0 Å². The van der Waals surface area contributed by atoms with E-state index in [1.807, 2.05) is 25.1 Å². The Labute approximate surface area is 166 Å². The molecule has 3 rings (SSSR count). The Balaban J connectivity index is 1.50. The second-order valence-electron chi connectivity index (χ2n) is 7.27. The van der Waals surface area contributed by atoms with Crippen molar-refractivity contribution in [1.82, 2.24) is 10.6 Å². The smallest absolute Gasteiger partial charge is 0.251 e. The molecule has 2 aromatic carbocycles. The fourth-order valence-corrected chi connectivity index (χ4v) is 3.87. The molecular formula is C23H28N2O3. The minimum atomic E-state index is -0.267. The van der Waals surface area contributed by atoms with E-state index < -0.39 is 0 Å². The van der Waals surface area contributed by atoms with E-state index in [4.69, 9.17) is 4.74 Å². The molecule has 5 nitrogen and oxygen atoms in total. The summed E-state index contributed by atoms with van der Waals surface area (Å²) in [7, 11) is 0. The number of amides is 2. The molecule has 1 aliphatic carbocycles. The van der Waals surface area contributed by atoms with E-state index in [1.54, 1.807) is 24.3 Å². The van der Waals surface area contributed by atoms with Gasteiger partial charge in [0.1, 0.15) is 5.75 Å². The second-order valence-corrected chi connectivity index (χ2v) is 7.27. The first kappa shape index (κ1) is 19.9. The first-order chi connectivity index (χ1) is 13.6. The Morgan fingerprint density at radius 2 is 1.64 bits per heavy atom. The quantitative estimate of drug-likeness (QED) is 0.737. The van der Waals surface area contributed by atoms with Crippen molar-refractivity contribution < 1.29 is 14.3 Å². The number of hydrogen-bond acceptors (Lipinski definition) is 3. The molecule has 28 heavy (non-hydrogen) atoms. The lowest BCUT2D eigenvalue weighted by atomic mass is 9.79. The summed E-state index contributed by atoms with van der Waals surface area (Å²) in [5, 5.41) is 5.71. The van der Waals surface area contributed by atoms with Gasteiger partial charge >= 0.3 is 0 Å². The van der Waals surface area contributed by atoms with Gasteiger partial charge < -0.3 is 15.4 Å². The van der Waals surface area contributed by atoms with Crippen LogP contribution in [0.15, 0.2) is 54.6 Å². The van der Waals surface area contributed by atoms with Crippen LogP contribution in [0.5, 0.6) is 5.75 Å². The number of carbonyl (C=O) groups is 2. The molecule has 2 aromatic rings. The van der Waals surface area contributed by atoms with Crippen molar-refractivity contribution >= 4 is 11.8 Å². The van der Waals surface area contributed by atoms with Crippen molar-refractivity contribution in [3.63, 3.8) is 0 Å². The largest absolute Gasteiger partial charge is 0.494 e. The lowest BCUT2D eigenvalue weighted by molar-refractivity contribution is -0.120. The van der Waals surface area contributed by atoms with Crippen LogP contribution in [0.2, 0.25) is 0 Å². The van der Waals surface area contributed by atoms with E-state index >= 15 is 0 Å². The first-order valence-electron chi connectivity index (χ1n) is 9.96. The minimum absolute atomic E-state index is 0.00996. The van der Waals surface area contributed by atoms with E-state index in [0.29, 0.717) is 18.7 Å². The fraction of sp³-hybridized carbons (Fsp3) is 0.391. The zero-order valence-corrected chi connectivity index (χ0v) is 16.4. The van der Waals surface area contributed by atoms with Gasteiger partial charge in [-0.25, -0.2) is 0 Å². The van der Waals surface area contributed by atoms with Crippen LogP contribution in [-0.4, -0.2) is 31.5 Å². The Bertz CT molecular complexity index is 781. The van der Waals surface area contributed by atoms with Crippen molar-refractivity contribution in [2.24, 2.45) is 0 Å². The van der Waals surface area contributed by atoms with Gasteiger partial charge in [-0.3, -0.25) is 9.59 Å². The normalized spacial score (nSPS) is 15.0. The highest BCUT2D eigenvalue weighted by Gasteiger charge is 2.35. The fourth-order valence-electron chi connectivity index (χ4n) is 3.87. The minimum Gasteiger partial charge on any atom is -0.494 e. The molecule has 148 valence electrons. The molecule has 0 spiro atoms. The molecule has 2 N–H and O–H groups in total. The van der Waals surface area contributed by atoms with Gasteiger partial charge in [-0.1, -0.05) is 43.2 Å². The van der Waals surface area contributed by atoms with Crippen molar-refractivity contribution in [2.45, 2.75) is 38.0 Å². The summed E-state index contributed by atoms with van der Waals surface area (Å²) in [5.74, 6) is 0.290. The molecule has 0 radical (unpaired) electrons. The monoisotopic (exact) mass is 380 g/mol. The van der Waals surface area contributed by atoms with Crippen LogP contribution < -0.4 is 15.4 Å². The van der Waals surface area contributed by atoms with Crippen molar-refractivity contribution in [3.05, 3.63) is 65.7 Å². The average Bonchev–Trinajstić information content (AvgIpc) is 3.22. The molecule has 2 amide bonds. The number of benzene rings is 2. The maximum atomic E-state index is 12.3. The van der Waals surface area contributed by atoms with Gasteiger partial charge in [0.2, 0.25) is 5.91 Å². The summed E-state index contributed by atoms with van der Waals surface area (Å²) in [5.41, 5.74) is 1.80. The molecule has 0 aromatic heterocycles. The highest BCUT2D eigenvalue weighted by molar-refractivity contribution is 5.96. The molecular weight excluding hydrogens is 352 g/mol. The van der Waals surface area contributed by atoms with E-state index in [1.165, 1.54) is 18.4 Å². The van der Waals surface area contributed by atoms with Gasteiger partial charge in [0.05, 0.1) is 13.2 Å². The summed E-state index contributed by atoms with van der Waals surface area (Å²) in [6, 6.07) is 17.3. The Morgan fingerprint density at radius 1 is 0.964 bits per heavy atom. The zero-order chi connectivity index (χ0) is 19.8. The topological polar surface area (TPSA) is 67.4 Å². The number of ether oxygens (including phenoxy) is 1. The summed E-state index contributed by atoms with van der Waals surface area (Å²) >= 11 is 0. The van der Waals surface area contributed by atoms with Crippen LogP contribution in [-0.2, 0) is 10.2 Å². The molecule has 0 bridgehead atoms. The molecule has 0 aliphatic heterocycles. The lowest BCUT2D eigenvalue weighted by Gasteiger charge is -2.30. The number of carbonyl (C=O) groups excluding carboxylic acids is 2. The predicted octanol–water partition coefficient (Wildman–Crippen LogP) is 3.44. The van der Waals surface area contributed by atoms with Crippen LogP contribution in [0.1, 0.15) is 48.5 Å². The summed E-state index contributed by atoms with van der Waals surface area (Å²) < 4.78 is 5.37. The maximum absolute atomic E-state index is 12.3. The van der Waals surface area contributed by atoms with Crippen LogP contribution in [0.4, 0.5) is 0 Å². The highest BCUT2D eigenvalue weighted by Crippen LogP contribution is 2.40. The maximum Gasteiger partial charge on any atom is 0.251 e. The van der Waals surface area contributed by atoms with E-state index in [9.17, 15) is 9.59 Å². The number of hydrogen-bond donors (Lipinski definition) is 2. The van der Waals surface area contributed by atoms with Crippen LogP contribution in [0.3, 0.4) is 0 Å². The van der Waals surface area contributed by atoms with Gasteiger partial charge in [-0.05, 0) is 49.6 Å². The van der Waals surface area contributed by atoms with Crippen molar-refractivity contribution in [1.29, 1.82) is 0 Å². The molecule has 1 fully saturated rings. The molecule has 0 unspecified atom stereocenters. The van der Waals surface area contributed by atoms with Gasteiger partial charge in [0.25, 0.3) is 5.91 Å². The molecule has 0 saturated heterocycles. The van der Waals surface area contributed by atoms with Gasteiger partial charge in [-0.15, -0.1) is 0 Å². The molecule has 1 saturated carbocycles. The van der Waals surface area contributed by atoms with Crippen LogP contribution >= 0.6 is 0 Å². The van der Waals surface area contributed by atoms with Gasteiger partial charge in [-0.2, -0.15) is 0 Å². The predicted molar refractivity (Wildman–Crippen MR) is 110 cm³/mol. The third-order valence-corrected chi connectivity index (χ3v) is 5.41. The van der Waals surface area contributed by atoms with Crippen molar-refractivity contribution in [2.75, 3.05) is 19.7 Å². The number of rotatable bonds is 8. The van der Waals surface area contributed by atoms with Gasteiger partial charge in [0, 0.05) is 17.5 Å². The second kappa shape index (κ2) is 9.40. The third-order valence-electron chi connectivity index (χ3n) is 5.41. The standard InChI is InChI=1S/C23H28N2O3/c1-2-28-20-12-10-18(11-13-20)22(27)24-16-21(26)25-17-23(14-6-7-15-23)19-8-4-3-5-9-19/h3-5,8-13H,2,6-7,14-17H2,1H3,(H,24,27)(H,25,26). The molecule has 0 atom stereocenters. The Hall–Kier alpha value is -2.82.